The smallest absolute Gasteiger partial charge is 0.254 e. The third kappa shape index (κ3) is 1.48. The van der Waals surface area contributed by atoms with E-state index < -0.39 is 11.6 Å². The van der Waals surface area contributed by atoms with Crippen LogP contribution in [-0.4, -0.2) is 11.6 Å². The van der Waals surface area contributed by atoms with Gasteiger partial charge in [0.05, 0.1) is 0 Å². The van der Waals surface area contributed by atoms with Crippen molar-refractivity contribution in [3.8, 4) is 0 Å². The molecule has 0 radical (unpaired) electrons. The first-order valence-electron chi connectivity index (χ1n) is 2.95. The molecule has 1 unspecified atom stereocenters. The van der Waals surface area contributed by atoms with E-state index in [2.05, 4.69) is 0 Å². The number of rotatable bonds is 2. The van der Waals surface area contributed by atoms with E-state index in [0.29, 0.717) is 0 Å². The summed E-state index contributed by atoms with van der Waals surface area (Å²) in [6.07, 6.45) is 0.0950. The second-order valence-corrected chi connectivity index (χ2v) is 1.88. The fourth-order valence-corrected chi connectivity index (χ4v) is 0.161. The number of hydrogen-bond donors (Lipinski definition) is 1. The lowest BCUT2D eigenvalue weighted by Crippen LogP contribution is -2.35. The normalized spacial score (nSPS) is 18.6. The van der Waals surface area contributed by atoms with Crippen molar-refractivity contribution in [1.82, 2.24) is 0 Å². The Bertz CT molecular complexity index is 116. The molecule has 0 aromatic heterocycles. The van der Waals surface area contributed by atoms with Crippen molar-refractivity contribution in [2.75, 3.05) is 0 Å². The fraction of sp³-hybridized carbons (Fsp3) is 0.800. The Morgan fingerprint density at radius 2 is 2.62 bits per heavy atom. The second-order valence-electron chi connectivity index (χ2n) is 1.88. The summed E-state index contributed by atoms with van der Waals surface area (Å²) in [4.78, 5) is 10.4. The molecule has 0 saturated carbocycles. The third-order valence-electron chi connectivity index (χ3n) is 1.14. The maximum Gasteiger partial charge on any atom is 0.254 e. The van der Waals surface area contributed by atoms with Gasteiger partial charge in [0.15, 0.2) is 7.08 Å². The Hall–Kier alpha value is -0.600. The minimum Gasteiger partial charge on any atom is -0.367 e. The van der Waals surface area contributed by atoms with Crippen LogP contribution in [0.15, 0.2) is 0 Å². The molecule has 1 amide bonds. The zero-order valence-electron chi connectivity index (χ0n) is 5.99. The first kappa shape index (κ1) is 5.54. The summed E-state index contributed by atoms with van der Waals surface area (Å²) in [5, 5.41) is 0. The molecule has 0 bridgehead atoms. The molecule has 3 heteroatoms. The van der Waals surface area contributed by atoms with Crippen molar-refractivity contribution in [2.45, 2.75) is 25.9 Å². The molecule has 0 aliphatic rings. The van der Waals surface area contributed by atoms with Gasteiger partial charge in [-0.15, -0.1) is 0 Å². The van der Waals surface area contributed by atoms with Gasteiger partial charge >= 0.3 is 0 Å². The van der Waals surface area contributed by atoms with Crippen LogP contribution in [0.5, 0.6) is 0 Å². The number of alkyl halides is 1. The molecular formula is C5H10FNO. The van der Waals surface area contributed by atoms with Gasteiger partial charge in [-0.25, -0.2) is 4.39 Å². The predicted octanol–water partition coefficient (Wildman–Crippen LogP) is 0.610. The monoisotopic (exact) mass is 120 g/mol. The zero-order valence-corrected chi connectivity index (χ0v) is 4.99. The Kier molecular flexibility index (Phi) is 1.46. The van der Waals surface area contributed by atoms with Gasteiger partial charge in [0, 0.05) is 0 Å². The average molecular weight is 120 g/mol. The van der Waals surface area contributed by atoms with E-state index in [1.165, 1.54) is 5.73 Å². The first-order chi connectivity index (χ1) is 4.04. The molecule has 0 rings (SSSR count). The fourth-order valence-electron chi connectivity index (χ4n) is 0.161. The lowest BCUT2D eigenvalue weighted by Gasteiger charge is -2.11. The number of halogens is 1. The molecule has 2 nitrogen and oxygen atoms in total. The van der Waals surface area contributed by atoms with Gasteiger partial charge in [-0.1, -0.05) is 6.92 Å². The summed E-state index contributed by atoms with van der Waals surface area (Å²) >= 11 is 0. The molecule has 0 aromatic carbocycles. The van der Waals surface area contributed by atoms with Crippen LogP contribution in [0.25, 0.3) is 0 Å². The molecule has 2 N–H and O–H groups in total. The minimum atomic E-state index is -1.89. The second kappa shape index (κ2) is 2.11. The summed E-state index contributed by atoms with van der Waals surface area (Å²) in [6.45, 7) is 2.70. The van der Waals surface area contributed by atoms with Gasteiger partial charge in [0.2, 0.25) is 0 Å². The molecule has 0 aromatic rings. The van der Waals surface area contributed by atoms with Gasteiger partial charge in [-0.3, -0.25) is 4.79 Å². The number of carbonyl (C=O) groups excluding carboxylic acids is 1. The number of carbonyl (C=O) groups is 1. The number of amides is 1. The van der Waals surface area contributed by atoms with Crippen LogP contribution in [0, 0.1) is 0 Å². The summed E-state index contributed by atoms with van der Waals surface area (Å²) in [7, 11) is 0. The quantitative estimate of drug-likeness (QED) is 0.570. The highest BCUT2D eigenvalue weighted by molar-refractivity contribution is 5.82. The van der Waals surface area contributed by atoms with Crippen LogP contribution in [0.1, 0.15) is 20.3 Å². The van der Waals surface area contributed by atoms with E-state index in [1.54, 1.807) is 6.92 Å². The van der Waals surface area contributed by atoms with Gasteiger partial charge in [0.1, 0.15) is 0 Å². The van der Waals surface area contributed by atoms with Crippen molar-refractivity contribution >= 4 is 5.91 Å². The first-order valence-corrected chi connectivity index (χ1v) is 2.45. The molecule has 0 fully saturated rings. The van der Waals surface area contributed by atoms with E-state index in [4.69, 9.17) is 1.41 Å². The number of hydrogen-bond acceptors (Lipinski definition) is 1. The SMILES string of the molecule is [2H]NC(=O)C(C)(F)CC. The van der Waals surface area contributed by atoms with Crippen molar-refractivity contribution < 1.29 is 10.6 Å². The Balaban J connectivity index is 3.97. The molecule has 8 heavy (non-hydrogen) atoms. The van der Waals surface area contributed by atoms with Gasteiger partial charge < -0.3 is 5.73 Å². The molecule has 1 atom stereocenters. The van der Waals surface area contributed by atoms with E-state index >= 15 is 0 Å². The molecule has 0 aliphatic heterocycles. The molecule has 0 aliphatic carbocycles. The maximum absolute atomic E-state index is 12.7. The Labute approximate surface area is 49.3 Å². The van der Waals surface area contributed by atoms with Gasteiger partial charge in [0.25, 0.3) is 5.91 Å². The number of nitrogens with two attached hydrogens (primary N) is 1. The third-order valence-corrected chi connectivity index (χ3v) is 1.14. The van der Waals surface area contributed by atoms with Gasteiger partial charge in [-0.05, 0) is 13.3 Å². The molecule has 0 spiro atoms. The highest BCUT2D eigenvalue weighted by Crippen LogP contribution is 2.12. The molecule has 48 valence electrons. The predicted molar refractivity (Wildman–Crippen MR) is 29.0 cm³/mol. The number of primary amides is 1. The minimum absolute atomic E-state index is 0.0950. The molecule has 0 heterocycles. The highest BCUT2D eigenvalue weighted by atomic mass is 19.1. The lowest BCUT2D eigenvalue weighted by atomic mass is 10.1. The summed E-state index contributed by atoms with van der Waals surface area (Å²) in [5.41, 5.74) is -0.395. The van der Waals surface area contributed by atoms with Crippen LogP contribution >= 0.6 is 0 Å². The standard InChI is InChI=1S/C5H10FNO/c1-3-5(2,6)4(7)8/h3H2,1-2H3,(H2,7,8)/i/hD. The van der Waals surface area contributed by atoms with Gasteiger partial charge in [-0.2, -0.15) is 0 Å². The van der Waals surface area contributed by atoms with Crippen molar-refractivity contribution in [3.05, 3.63) is 0 Å². The highest BCUT2D eigenvalue weighted by Gasteiger charge is 2.27. The Morgan fingerprint density at radius 3 is 2.75 bits per heavy atom. The zero-order chi connectivity index (χ0) is 7.49. The van der Waals surface area contributed by atoms with E-state index in [1.807, 2.05) is 0 Å². The lowest BCUT2D eigenvalue weighted by molar-refractivity contribution is -0.128. The van der Waals surface area contributed by atoms with E-state index in [-0.39, 0.29) is 6.42 Å². The Morgan fingerprint density at radius 1 is 2.12 bits per heavy atom. The van der Waals surface area contributed by atoms with E-state index in [9.17, 15) is 9.18 Å². The summed E-state index contributed by atoms with van der Waals surface area (Å²) < 4.78 is 19.0. The molecule has 0 saturated heterocycles. The van der Waals surface area contributed by atoms with Crippen molar-refractivity contribution in [2.24, 2.45) is 5.73 Å². The average Bonchev–Trinajstić information content (AvgIpc) is 1.86. The van der Waals surface area contributed by atoms with Crippen LogP contribution < -0.4 is 5.73 Å². The van der Waals surface area contributed by atoms with Crippen LogP contribution in [0.3, 0.4) is 0 Å². The topological polar surface area (TPSA) is 43.1 Å². The largest absolute Gasteiger partial charge is 0.367 e. The molecular weight excluding hydrogens is 109 g/mol. The van der Waals surface area contributed by atoms with E-state index in [0.717, 1.165) is 6.92 Å². The summed E-state index contributed by atoms with van der Waals surface area (Å²) in [5.74, 6) is -0.884. The van der Waals surface area contributed by atoms with Crippen LogP contribution in [-0.2, 0) is 4.79 Å². The summed E-state index contributed by atoms with van der Waals surface area (Å²) in [6, 6.07) is 0. The maximum atomic E-state index is 12.7. The van der Waals surface area contributed by atoms with Crippen molar-refractivity contribution in [3.63, 3.8) is 0 Å². The van der Waals surface area contributed by atoms with Crippen LogP contribution in [0.2, 0.25) is 1.41 Å². The van der Waals surface area contributed by atoms with Crippen molar-refractivity contribution in [1.29, 1.82) is 0 Å². The van der Waals surface area contributed by atoms with Crippen LogP contribution in [0.4, 0.5) is 4.39 Å².